The molecule has 10 heavy (non-hydrogen) atoms. The van der Waals surface area contributed by atoms with Crippen LogP contribution >= 0.6 is 0 Å². The molecule has 0 saturated carbocycles. The number of aliphatic hydroxyl groups is 1. The SMILES string of the molecule is O=C([O-])CC(O)C(=O)[O-].[Se+2]. The zero-order chi connectivity index (χ0) is 7.44. The fourth-order valence-electron chi connectivity index (χ4n) is 0.241. The largest absolute Gasteiger partial charge is 2.00 e. The van der Waals surface area contributed by atoms with Gasteiger partial charge >= 0.3 is 17.1 Å². The molecule has 0 bridgehead atoms. The number of rotatable bonds is 3. The normalized spacial score (nSPS) is 11.3. The van der Waals surface area contributed by atoms with Crippen molar-refractivity contribution < 1.29 is 24.9 Å². The quantitative estimate of drug-likeness (QED) is 0.477. The van der Waals surface area contributed by atoms with Gasteiger partial charge in [-0.2, -0.15) is 0 Å². The van der Waals surface area contributed by atoms with Crippen LogP contribution in [0.2, 0.25) is 0 Å². The summed E-state index contributed by atoms with van der Waals surface area (Å²) >= 11 is 0. The first-order valence-corrected chi connectivity index (χ1v) is 2.13. The Morgan fingerprint density at radius 3 is 1.90 bits per heavy atom. The molecule has 0 aliphatic heterocycles. The average Bonchev–Trinajstić information content (AvgIpc) is 1.63. The van der Waals surface area contributed by atoms with Crippen LogP contribution in [0.3, 0.4) is 0 Å². The van der Waals surface area contributed by atoms with Gasteiger partial charge in [-0.1, -0.05) is 0 Å². The molecule has 6 heteroatoms. The Morgan fingerprint density at radius 2 is 1.80 bits per heavy atom. The first-order valence-electron chi connectivity index (χ1n) is 2.13. The average molecular weight is 211 g/mol. The predicted molar refractivity (Wildman–Crippen MR) is 26.4 cm³/mol. The summed E-state index contributed by atoms with van der Waals surface area (Å²) < 4.78 is 0. The van der Waals surface area contributed by atoms with Crippen LogP contribution in [0.5, 0.6) is 0 Å². The predicted octanol–water partition coefficient (Wildman–Crippen LogP) is -4.14. The molecule has 0 spiro atoms. The van der Waals surface area contributed by atoms with Crippen molar-refractivity contribution >= 4 is 29.0 Å². The molecule has 0 rings (SSSR count). The minimum atomic E-state index is -1.96. The van der Waals surface area contributed by atoms with Crippen molar-refractivity contribution in [1.82, 2.24) is 0 Å². The Bertz CT molecular complexity index is 134. The summed E-state index contributed by atoms with van der Waals surface area (Å²) in [5.41, 5.74) is 0. The number of carbonyl (C=O) groups is 2. The molecule has 0 aromatic rings. The first-order chi connectivity index (χ1) is 4.04. The van der Waals surface area contributed by atoms with Gasteiger partial charge in [0.25, 0.3) is 0 Å². The number of aliphatic hydroxyl groups excluding tert-OH is 1. The molecule has 0 aliphatic carbocycles. The maximum Gasteiger partial charge on any atom is 2.00 e. The minimum absolute atomic E-state index is 0. The fourth-order valence-corrected chi connectivity index (χ4v) is 0.241. The summed E-state index contributed by atoms with van der Waals surface area (Å²) in [4.78, 5) is 19.1. The molecule has 0 aromatic heterocycles. The van der Waals surface area contributed by atoms with Crippen LogP contribution in [0.4, 0.5) is 0 Å². The van der Waals surface area contributed by atoms with E-state index in [9.17, 15) is 19.8 Å². The maximum absolute atomic E-state index is 9.58. The first kappa shape index (κ1) is 12.1. The molecule has 1 atom stereocenters. The summed E-state index contributed by atoms with van der Waals surface area (Å²) in [5.74, 6) is -3.43. The van der Waals surface area contributed by atoms with E-state index in [4.69, 9.17) is 5.11 Å². The van der Waals surface area contributed by atoms with Crippen molar-refractivity contribution in [3.8, 4) is 0 Å². The second-order valence-electron chi connectivity index (χ2n) is 1.41. The fraction of sp³-hybridized carbons (Fsp3) is 0.500. The third kappa shape index (κ3) is 5.55. The Balaban J connectivity index is 0. The van der Waals surface area contributed by atoms with Gasteiger partial charge in [0, 0.05) is 12.4 Å². The Morgan fingerprint density at radius 1 is 1.40 bits per heavy atom. The third-order valence-corrected chi connectivity index (χ3v) is 0.632. The van der Waals surface area contributed by atoms with Gasteiger partial charge in [-0.3, -0.25) is 0 Å². The van der Waals surface area contributed by atoms with Crippen molar-refractivity contribution in [2.24, 2.45) is 0 Å². The topological polar surface area (TPSA) is 100 Å². The van der Waals surface area contributed by atoms with Crippen LogP contribution in [0.15, 0.2) is 0 Å². The number of hydrogen-bond acceptors (Lipinski definition) is 5. The van der Waals surface area contributed by atoms with Gasteiger partial charge in [-0.15, -0.1) is 0 Å². The van der Waals surface area contributed by atoms with E-state index in [0.29, 0.717) is 0 Å². The van der Waals surface area contributed by atoms with Crippen molar-refractivity contribution in [2.45, 2.75) is 12.5 Å². The molecule has 1 N–H and O–H groups in total. The molecule has 5 nitrogen and oxygen atoms in total. The smallest absolute Gasteiger partial charge is 0.550 e. The monoisotopic (exact) mass is 212 g/mol. The van der Waals surface area contributed by atoms with E-state index in [1.165, 1.54) is 0 Å². The number of carboxylic acids is 2. The summed E-state index contributed by atoms with van der Waals surface area (Å²) in [6.07, 6.45) is -2.89. The van der Waals surface area contributed by atoms with Crippen LogP contribution in [-0.2, 0) is 9.59 Å². The number of carboxylic acid groups (broad SMARTS) is 2. The van der Waals surface area contributed by atoms with Gasteiger partial charge in [0.1, 0.15) is 0 Å². The molecule has 0 heterocycles. The van der Waals surface area contributed by atoms with E-state index < -0.39 is 24.5 Å². The molecule has 56 valence electrons. The second-order valence-corrected chi connectivity index (χ2v) is 1.41. The summed E-state index contributed by atoms with van der Waals surface area (Å²) in [7, 11) is 0. The van der Waals surface area contributed by atoms with Crippen molar-refractivity contribution in [3.05, 3.63) is 0 Å². The van der Waals surface area contributed by atoms with Crippen LogP contribution < -0.4 is 10.2 Å². The van der Waals surface area contributed by atoms with E-state index in [0.717, 1.165) is 0 Å². The zero-order valence-electron chi connectivity index (χ0n) is 4.77. The maximum atomic E-state index is 9.58. The summed E-state index contributed by atoms with van der Waals surface area (Å²) in [6.45, 7) is 0. The number of hydrogen-bond donors (Lipinski definition) is 1. The van der Waals surface area contributed by atoms with E-state index >= 15 is 0 Å². The van der Waals surface area contributed by atoms with Crippen molar-refractivity contribution in [2.75, 3.05) is 0 Å². The van der Waals surface area contributed by atoms with Crippen LogP contribution in [0, 0.1) is 0 Å². The van der Waals surface area contributed by atoms with Crippen LogP contribution in [0.25, 0.3) is 0 Å². The number of aliphatic carboxylic acids is 2. The molecular weight excluding hydrogens is 207 g/mol. The molecule has 0 aromatic carbocycles. The van der Waals surface area contributed by atoms with Crippen molar-refractivity contribution in [3.63, 3.8) is 0 Å². The van der Waals surface area contributed by atoms with Gasteiger partial charge in [0.2, 0.25) is 0 Å². The minimum Gasteiger partial charge on any atom is -0.550 e. The zero-order valence-corrected chi connectivity index (χ0v) is 6.49. The van der Waals surface area contributed by atoms with Gasteiger partial charge in [0.15, 0.2) is 0 Å². The van der Waals surface area contributed by atoms with Crippen LogP contribution in [-0.4, -0.2) is 40.2 Å². The van der Waals surface area contributed by atoms with Crippen LogP contribution in [0.1, 0.15) is 6.42 Å². The summed E-state index contributed by atoms with van der Waals surface area (Å²) in [6, 6.07) is 0. The van der Waals surface area contributed by atoms with Gasteiger partial charge < -0.3 is 24.9 Å². The molecule has 1 unspecified atom stereocenters. The van der Waals surface area contributed by atoms with E-state index in [1.807, 2.05) is 0 Å². The van der Waals surface area contributed by atoms with Gasteiger partial charge in [-0.25, -0.2) is 0 Å². The number of carbonyl (C=O) groups excluding carboxylic acids is 2. The molecule has 0 saturated heterocycles. The van der Waals surface area contributed by atoms with E-state index in [2.05, 4.69) is 0 Å². The second kappa shape index (κ2) is 5.22. The van der Waals surface area contributed by atoms with E-state index in [1.54, 1.807) is 0 Å². The third-order valence-electron chi connectivity index (χ3n) is 0.632. The Hall–Kier alpha value is -0.581. The Kier molecular flexibility index (Phi) is 6.34. The molecule has 0 aliphatic rings. The van der Waals surface area contributed by atoms with Crippen molar-refractivity contribution in [1.29, 1.82) is 0 Å². The van der Waals surface area contributed by atoms with E-state index in [-0.39, 0.29) is 17.1 Å². The molecule has 0 fully saturated rings. The molecule has 0 amide bonds. The molecule has 4 radical (unpaired) electrons. The molecular formula is C4H4O5Se. The standard InChI is InChI=1S/C4H6O5.Se/c5-2(4(8)9)1-3(6)7;/h2,5H,1H2,(H,6,7)(H,8,9);/q;+2/p-2. The van der Waals surface area contributed by atoms with Gasteiger partial charge in [-0.05, 0) is 0 Å². The Labute approximate surface area is 67.1 Å². The van der Waals surface area contributed by atoms with Gasteiger partial charge in [0.05, 0.1) is 12.1 Å². The summed E-state index contributed by atoms with van der Waals surface area (Å²) in [5, 5.41) is 27.3.